The molecular weight excluding hydrogens is 413 g/mol. The van der Waals surface area contributed by atoms with Crippen LogP contribution >= 0.6 is 15.9 Å². The molecule has 134 valence electrons. The highest BCUT2D eigenvalue weighted by atomic mass is 79.9. The Morgan fingerprint density at radius 1 is 1.40 bits per heavy atom. The normalized spacial score (nSPS) is 11.3. The van der Waals surface area contributed by atoms with Gasteiger partial charge in [-0.25, -0.2) is 0 Å². The third kappa shape index (κ3) is 3.90. The Balaban J connectivity index is 2.40. The zero-order chi connectivity index (χ0) is 18.9. The molecule has 0 aliphatic rings. The molecule has 8 nitrogen and oxygen atoms in total. The van der Waals surface area contributed by atoms with Gasteiger partial charge in [0, 0.05) is 19.2 Å². The lowest BCUT2D eigenvalue weighted by atomic mass is 10.2. The number of anilines is 1. The molecule has 0 spiro atoms. The molecule has 1 amide bonds. The Morgan fingerprint density at radius 3 is 2.52 bits per heavy atom. The molecule has 0 radical (unpaired) electrons. The molecule has 0 fully saturated rings. The second kappa shape index (κ2) is 6.70. The summed E-state index contributed by atoms with van der Waals surface area (Å²) in [5.41, 5.74) is -2.01. The van der Waals surface area contributed by atoms with Crippen molar-refractivity contribution in [1.82, 2.24) is 9.78 Å². The first-order valence-corrected chi connectivity index (χ1v) is 7.28. The van der Waals surface area contributed by atoms with E-state index in [9.17, 15) is 28.1 Å². The van der Waals surface area contributed by atoms with Crippen molar-refractivity contribution in [3.8, 4) is 5.75 Å². The van der Waals surface area contributed by atoms with Crippen LogP contribution in [0.2, 0.25) is 0 Å². The molecule has 0 bridgehead atoms. The van der Waals surface area contributed by atoms with E-state index in [0.29, 0.717) is 0 Å². The highest BCUT2D eigenvalue weighted by Crippen LogP contribution is 2.36. The molecule has 1 N–H and O–H groups in total. The number of hydrogen-bond donors (Lipinski definition) is 1. The smallest absolute Gasteiger partial charge is 0.436 e. The molecule has 0 saturated carbocycles. The average Bonchev–Trinajstić information content (AvgIpc) is 2.81. The highest BCUT2D eigenvalue weighted by molar-refractivity contribution is 9.10. The lowest BCUT2D eigenvalue weighted by Crippen LogP contribution is -2.16. The largest absolute Gasteiger partial charge is 0.496 e. The molecule has 1 heterocycles. The minimum Gasteiger partial charge on any atom is -0.496 e. The standard InChI is InChI=1S/C13H10BrF3N4O4/c1-20-10(9(14)11(19-20)13(15,16)17)12(22)18-6-3-7(21(23)24)5-8(4-6)25-2/h3-5H,1-2H3,(H,18,22). The molecule has 0 aliphatic carbocycles. The number of halogens is 4. The van der Waals surface area contributed by atoms with Crippen LogP contribution in [0.1, 0.15) is 16.2 Å². The monoisotopic (exact) mass is 422 g/mol. The van der Waals surface area contributed by atoms with Crippen molar-refractivity contribution in [1.29, 1.82) is 0 Å². The number of methoxy groups -OCH3 is 1. The van der Waals surface area contributed by atoms with Crippen LogP contribution in [-0.2, 0) is 13.2 Å². The summed E-state index contributed by atoms with van der Waals surface area (Å²) in [5.74, 6) is -0.829. The Kier molecular flexibility index (Phi) is 5.02. The van der Waals surface area contributed by atoms with Crippen molar-refractivity contribution in [3.63, 3.8) is 0 Å². The van der Waals surface area contributed by atoms with Gasteiger partial charge >= 0.3 is 6.18 Å². The summed E-state index contributed by atoms with van der Waals surface area (Å²) in [6.07, 6.45) is -4.75. The van der Waals surface area contributed by atoms with Crippen LogP contribution in [0.4, 0.5) is 24.5 Å². The number of nitrogens with zero attached hydrogens (tertiary/aromatic N) is 3. The average molecular weight is 423 g/mol. The predicted molar refractivity (Wildman–Crippen MR) is 83.5 cm³/mol. The molecule has 2 rings (SSSR count). The number of carbonyl (C=O) groups excluding carboxylic acids is 1. The van der Waals surface area contributed by atoms with Gasteiger partial charge in [-0.1, -0.05) is 0 Å². The molecule has 0 saturated heterocycles. The maximum Gasteiger partial charge on any atom is 0.436 e. The highest BCUT2D eigenvalue weighted by Gasteiger charge is 2.39. The summed E-state index contributed by atoms with van der Waals surface area (Å²) in [6, 6.07) is 3.48. The van der Waals surface area contributed by atoms with Gasteiger partial charge in [0.1, 0.15) is 11.4 Å². The van der Waals surface area contributed by atoms with Crippen LogP contribution in [0.15, 0.2) is 22.7 Å². The van der Waals surface area contributed by atoms with E-state index in [-0.39, 0.29) is 17.1 Å². The number of nitrogens with one attached hydrogen (secondary N) is 1. The predicted octanol–water partition coefficient (Wildman–Crippen LogP) is 3.37. The summed E-state index contributed by atoms with van der Waals surface area (Å²) in [4.78, 5) is 22.5. The Morgan fingerprint density at radius 2 is 2.04 bits per heavy atom. The number of aryl methyl sites for hydroxylation is 1. The van der Waals surface area contributed by atoms with Crippen molar-refractivity contribution in [2.24, 2.45) is 7.05 Å². The number of alkyl halides is 3. The van der Waals surface area contributed by atoms with E-state index < -0.39 is 32.9 Å². The number of nitro benzene ring substituents is 1. The van der Waals surface area contributed by atoms with E-state index in [4.69, 9.17) is 4.74 Å². The van der Waals surface area contributed by atoms with Crippen LogP contribution in [-0.4, -0.2) is 27.7 Å². The zero-order valence-electron chi connectivity index (χ0n) is 12.7. The molecule has 1 aromatic carbocycles. The maximum atomic E-state index is 12.8. The summed E-state index contributed by atoms with van der Waals surface area (Å²) in [7, 11) is 2.45. The molecule has 0 aliphatic heterocycles. The number of aromatic nitrogens is 2. The SMILES string of the molecule is COc1cc(NC(=O)c2c(Br)c(C(F)(F)F)nn2C)cc([N+](=O)[O-])c1. The van der Waals surface area contributed by atoms with Crippen molar-refractivity contribution in [3.05, 3.63) is 44.2 Å². The van der Waals surface area contributed by atoms with E-state index >= 15 is 0 Å². The van der Waals surface area contributed by atoms with Crippen molar-refractivity contribution in [2.45, 2.75) is 6.18 Å². The topological polar surface area (TPSA) is 99.3 Å². The fourth-order valence-electron chi connectivity index (χ4n) is 1.99. The van der Waals surface area contributed by atoms with Gasteiger partial charge in [-0.3, -0.25) is 19.6 Å². The summed E-state index contributed by atoms with van der Waals surface area (Å²) in [6.45, 7) is 0. The zero-order valence-corrected chi connectivity index (χ0v) is 14.3. The number of nitro groups is 1. The first-order chi connectivity index (χ1) is 11.5. The molecular formula is C13H10BrF3N4O4. The van der Waals surface area contributed by atoms with Gasteiger partial charge in [0.15, 0.2) is 5.69 Å². The third-order valence-electron chi connectivity index (χ3n) is 3.07. The number of carbonyl (C=O) groups is 1. The van der Waals surface area contributed by atoms with Crippen LogP contribution < -0.4 is 10.1 Å². The first-order valence-electron chi connectivity index (χ1n) is 6.49. The first kappa shape index (κ1) is 18.7. The summed E-state index contributed by atoms with van der Waals surface area (Å²) < 4.78 is 43.7. The minimum atomic E-state index is -4.75. The van der Waals surface area contributed by atoms with E-state index in [0.717, 1.165) is 16.8 Å². The second-order valence-corrected chi connectivity index (χ2v) is 5.56. The van der Waals surface area contributed by atoms with Gasteiger partial charge in [0.25, 0.3) is 11.6 Å². The van der Waals surface area contributed by atoms with Crippen molar-refractivity contribution in [2.75, 3.05) is 12.4 Å². The van der Waals surface area contributed by atoms with E-state index in [2.05, 4.69) is 26.3 Å². The van der Waals surface area contributed by atoms with Gasteiger partial charge in [-0.15, -0.1) is 0 Å². The van der Waals surface area contributed by atoms with E-state index in [1.54, 1.807) is 0 Å². The molecule has 2 aromatic rings. The van der Waals surface area contributed by atoms with Gasteiger partial charge in [0.05, 0.1) is 28.3 Å². The number of ether oxygens (including phenoxy) is 1. The minimum absolute atomic E-state index is 0.0160. The quantitative estimate of drug-likeness (QED) is 0.601. The number of hydrogen-bond acceptors (Lipinski definition) is 5. The molecule has 0 unspecified atom stereocenters. The maximum absolute atomic E-state index is 12.8. The van der Waals surface area contributed by atoms with Gasteiger partial charge in [0.2, 0.25) is 0 Å². The number of rotatable bonds is 4. The number of non-ortho nitro benzene ring substituents is 1. The van der Waals surface area contributed by atoms with Gasteiger partial charge in [-0.2, -0.15) is 18.3 Å². The van der Waals surface area contributed by atoms with Crippen LogP contribution in [0.25, 0.3) is 0 Å². The Bertz CT molecular complexity index is 851. The number of benzene rings is 1. The Hall–Kier alpha value is -2.63. The van der Waals surface area contributed by atoms with Crippen LogP contribution in [0, 0.1) is 10.1 Å². The summed E-state index contributed by atoms with van der Waals surface area (Å²) >= 11 is 2.72. The lowest BCUT2D eigenvalue weighted by molar-refractivity contribution is -0.384. The van der Waals surface area contributed by atoms with E-state index in [1.807, 2.05) is 0 Å². The lowest BCUT2D eigenvalue weighted by Gasteiger charge is -2.08. The fraction of sp³-hybridized carbons (Fsp3) is 0.231. The molecule has 1 aromatic heterocycles. The number of amides is 1. The van der Waals surface area contributed by atoms with Gasteiger partial charge in [-0.05, 0) is 15.9 Å². The van der Waals surface area contributed by atoms with E-state index in [1.165, 1.54) is 20.2 Å². The second-order valence-electron chi connectivity index (χ2n) is 4.76. The van der Waals surface area contributed by atoms with Gasteiger partial charge < -0.3 is 10.1 Å². The van der Waals surface area contributed by atoms with Crippen LogP contribution in [0.5, 0.6) is 5.75 Å². The molecule has 12 heteroatoms. The van der Waals surface area contributed by atoms with Crippen LogP contribution in [0.3, 0.4) is 0 Å². The summed E-state index contributed by atoms with van der Waals surface area (Å²) in [5, 5.41) is 16.5. The fourth-order valence-corrected chi connectivity index (χ4v) is 2.74. The molecule has 0 atom stereocenters. The van der Waals surface area contributed by atoms with Crippen molar-refractivity contribution >= 4 is 33.2 Å². The Labute approximate surface area is 146 Å². The molecule has 25 heavy (non-hydrogen) atoms. The van der Waals surface area contributed by atoms with Crippen molar-refractivity contribution < 1.29 is 27.6 Å². The third-order valence-corrected chi connectivity index (χ3v) is 3.82.